The van der Waals surface area contributed by atoms with Crippen molar-refractivity contribution >= 4 is 32.3 Å². The van der Waals surface area contributed by atoms with Gasteiger partial charge in [0.25, 0.3) is 0 Å². The van der Waals surface area contributed by atoms with E-state index in [1.54, 1.807) is 17.4 Å². The molecule has 1 fully saturated rings. The molecule has 2 N–H and O–H groups in total. The molecule has 5 rings (SSSR count). The van der Waals surface area contributed by atoms with Crippen LogP contribution in [0, 0.1) is 12.7 Å². The molecule has 3 atom stereocenters. The van der Waals surface area contributed by atoms with Crippen LogP contribution in [0.3, 0.4) is 0 Å². The summed E-state index contributed by atoms with van der Waals surface area (Å²) in [7, 11) is 0. The molecule has 0 saturated carbocycles. The van der Waals surface area contributed by atoms with Crippen LogP contribution in [0.15, 0.2) is 48.5 Å². The summed E-state index contributed by atoms with van der Waals surface area (Å²) in [6, 6.07) is 15.7. The molecule has 0 spiro atoms. The summed E-state index contributed by atoms with van der Waals surface area (Å²) in [6.07, 6.45) is 1.49. The number of benzene rings is 2. The highest BCUT2D eigenvalue weighted by atomic mass is 32.1. The second-order valence-corrected chi connectivity index (χ2v) is 10.1. The van der Waals surface area contributed by atoms with Crippen molar-refractivity contribution in [3.8, 4) is 5.75 Å². The number of fused-ring (bicyclic) bond motifs is 2. The molecular weight excluding hydrogens is 423 g/mol. The minimum absolute atomic E-state index is 0.135. The second-order valence-electron chi connectivity index (χ2n) is 9.00. The van der Waals surface area contributed by atoms with Crippen molar-refractivity contribution in [2.24, 2.45) is 0 Å². The Morgan fingerprint density at radius 3 is 2.88 bits per heavy atom. The van der Waals surface area contributed by atoms with Crippen LogP contribution in [0.5, 0.6) is 5.75 Å². The average molecular weight is 453 g/mol. The van der Waals surface area contributed by atoms with Crippen LogP contribution < -0.4 is 4.74 Å². The Morgan fingerprint density at radius 1 is 1.22 bits per heavy atom. The number of ether oxygens (including phenoxy) is 1. The van der Waals surface area contributed by atoms with Gasteiger partial charge in [-0.25, -0.2) is 4.39 Å². The van der Waals surface area contributed by atoms with Crippen LogP contribution in [0.2, 0.25) is 0 Å². The Hall–Kier alpha value is -2.41. The molecule has 1 aliphatic heterocycles. The fourth-order valence-electron chi connectivity index (χ4n) is 4.90. The van der Waals surface area contributed by atoms with E-state index in [2.05, 4.69) is 22.9 Å². The minimum atomic E-state index is -0.553. The lowest BCUT2D eigenvalue weighted by molar-refractivity contribution is 0.0408. The molecule has 0 bridgehead atoms. The van der Waals surface area contributed by atoms with Crippen LogP contribution in [-0.4, -0.2) is 46.8 Å². The van der Waals surface area contributed by atoms with Crippen molar-refractivity contribution in [2.75, 3.05) is 19.7 Å². The number of nitrogens with zero attached hydrogens (tertiary/aromatic N) is 1. The van der Waals surface area contributed by atoms with E-state index in [-0.39, 0.29) is 12.4 Å². The Morgan fingerprint density at radius 2 is 2.06 bits per heavy atom. The zero-order valence-corrected chi connectivity index (χ0v) is 19.3. The third-order valence-corrected chi connectivity index (χ3v) is 7.84. The predicted molar refractivity (Wildman–Crippen MR) is 129 cm³/mol. The summed E-state index contributed by atoms with van der Waals surface area (Å²) >= 11 is 1.71. The number of likely N-dealkylation sites (tertiary alicyclic amines) is 1. The molecule has 0 aliphatic carbocycles. The van der Waals surface area contributed by atoms with Gasteiger partial charge in [-0.1, -0.05) is 12.1 Å². The van der Waals surface area contributed by atoms with Gasteiger partial charge in [-0.15, -0.1) is 11.3 Å². The first kappa shape index (κ1) is 21.4. The number of β-amino-alcohol motifs (C(OH)–C–C–N with tert-alkyl or cyclic N) is 1. The van der Waals surface area contributed by atoms with Crippen LogP contribution in [0.25, 0.3) is 21.0 Å². The quantitative estimate of drug-likeness (QED) is 0.386. The fourth-order valence-corrected chi connectivity index (χ4v) is 6.12. The number of hydrogen-bond acceptors (Lipinski definition) is 4. The maximum absolute atomic E-state index is 14.1. The summed E-state index contributed by atoms with van der Waals surface area (Å²) in [6.45, 7) is 6.03. The zero-order valence-electron chi connectivity index (χ0n) is 18.5. The molecule has 4 aromatic rings. The fraction of sp³-hybridized carbons (Fsp3) is 0.385. The molecule has 0 unspecified atom stereocenters. The number of aromatic nitrogens is 1. The highest BCUT2D eigenvalue weighted by Crippen LogP contribution is 2.39. The maximum atomic E-state index is 14.1. The maximum Gasteiger partial charge on any atom is 0.131 e. The van der Waals surface area contributed by atoms with Gasteiger partial charge in [0.2, 0.25) is 0 Å². The van der Waals surface area contributed by atoms with Crippen molar-refractivity contribution in [2.45, 2.75) is 44.8 Å². The van der Waals surface area contributed by atoms with Gasteiger partial charge in [0.15, 0.2) is 0 Å². The highest BCUT2D eigenvalue weighted by molar-refractivity contribution is 7.19. The van der Waals surface area contributed by atoms with E-state index in [0.29, 0.717) is 18.5 Å². The summed E-state index contributed by atoms with van der Waals surface area (Å²) < 4.78 is 21.1. The van der Waals surface area contributed by atoms with Crippen LogP contribution in [-0.2, 0) is 0 Å². The first-order valence-corrected chi connectivity index (χ1v) is 12.1. The first-order valence-electron chi connectivity index (χ1n) is 11.3. The van der Waals surface area contributed by atoms with Gasteiger partial charge < -0.3 is 14.8 Å². The van der Waals surface area contributed by atoms with Crippen molar-refractivity contribution < 1.29 is 14.2 Å². The van der Waals surface area contributed by atoms with E-state index in [9.17, 15) is 9.50 Å². The Labute approximate surface area is 191 Å². The third kappa shape index (κ3) is 4.27. The predicted octanol–water partition coefficient (Wildman–Crippen LogP) is 5.84. The molecule has 2 aromatic heterocycles. The van der Waals surface area contributed by atoms with E-state index >= 15 is 0 Å². The molecule has 168 valence electrons. The Balaban J connectivity index is 1.18. The Kier molecular flexibility index (Phi) is 5.93. The van der Waals surface area contributed by atoms with Gasteiger partial charge in [0.1, 0.15) is 24.3 Å². The second kappa shape index (κ2) is 8.85. The number of piperidine rings is 1. The van der Waals surface area contributed by atoms with E-state index < -0.39 is 6.10 Å². The largest absolute Gasteiger partial charge is 0.490 e. The summed E-state index contributed by atoms with van der Waals surface area (Å²) in [5, 5.41) is 12.4. The molecule has 32 heavy (non-hydrogen) atoms. The smallest absolute Gasteiger partial charge is 0.131 e. The topological polar surface area (TPSA) is 48.5 Å². The number of hydrogen-bond donors (Lipinski definition) is 2. The van der Waals surface area contributed by atoms with Gasteiger partial charge in [0, 0.05) is 44.1 Å². The van der Waals surface area contributed by atoms with Crippen LogP contribution in [0.1, 0.15) is 36.3 Å². The lowest BCUT2D eigenvalue weighted by atomic mass is 9.90. The van der Waals surface area contributed by atoms with Crippen LogP contribution in [0.4, 0.5) is 4.39 Å². The summed E-state index contributed by atoms with van der Waals surface area (Å²) in [4.78, 5) is 6.94. The van der Waals surface area contributed by atoms with Gasteiger partial charge in [0.05, 0.1) is 0 Å². The monoisotopic (exact) mass is 452 g/mol. The Bertz CT molecular complexity index is 1230. The van der Waals surface area contributed by atoms with E-state index in [0.717, 1.165) is 51.8 Å². The number of aromatic amines is 1. The molecule has 0 amide bonds. The number of H-pyrrole nitrogens is 1. The number of nitrogens with one attached hydrogen (secondary N) is 1. The summed E-state index contributed by atoms with van der Waals surface area (Å²) in [5.74, 6) is 1.11. The van der Waals surface area contributed by atoms with Crippen molar-refractivity contribution in [1.82, 2.24) is 9.88 Å². The van der Waals surface area contributed by atoms with E-state index in [4.69, 9.17) is 4.74 Å². The van der Waals surface area contributed by atoms with Gasteiger partial charge in [-0.05, 0) is 75.5 Å². The summed E-state index contributed by atoms with van der Waals surface area (Å²) in [5.41, 5.74) is 2.14. The minimum Gasteiger partial charge on any atom is -0.490 e. The molecule has 1 aliphatic rings. The lowest BCUT2D eigenvalue weighted by Crippen LogP contribution is -2.45. The van der Waals surface area contributed by atoms with Crippen LogP contribution >= 0.6 is 11.3 Å². The molecule has 3 heterocycles. The zero-order chi connectivity index (χ0) is 22.2. The first-order chi connectivity index (χ1) is 15.5. The molecular formula is C26H29FN2O2S. The molecule has 4 nitrogen and oxygen atoms in total. The third-order valence-electron chi connectivity index (χ3n) is 6.58. The van der Waals surface area contributed by atoms with E-state index in [1.165, 1.54) is 10.9 Å². The normalized spacial score (nSPS) is 20.8. The van der Waals surface area contributed by atoms with Crippen molar-refractivity contribution in [3.63, 3.8) is 0 Å². The number of aryl methyl sites for hydroxylation is 1. The molecule has 2 aromatic carbocycles. The standard InChI is InChI=1S/C26H29FN2O2S/c1-16-11-21-23(28-16)6-4-7-24(21)31-15-19(30)14-29-10-9-18(12-17(29)2)26-13-20-22(27)5-3-8-25(20)32-26/h3-8,11,13,17-19,28,30H,9-10,12,14-15H2,1-2H3/t17-,18-,19+/m1/s1. The molecule has 1 saturated heterocycles. The molecule has 6 heteroatoms. The number of aliphatic hydroxyl groups excluding tert-OH is 1. The number of thiophene rings is 1. The highest BCUT2D eigenvalue weighted by Gasteiger charge is 2.29. The average Bonchev–Trinajstić information content (AvgIpc) is 3.37. The van der Waals surface area contributed by atoms with E-state index in [1.807, 2.05) is 37.3 Å². The lowest BCUT2D eigenvalue weighted by Gasteiger charge is -2.38. The SMILES string of the molecule is Cc1cc2c(OC[C@@H](O)CN3CC[C@@H](c4cc5c(F)cccc5s4)C[C@H]3C)cccc2[nH]1. The van der Waals surface area contributed by atoms with Gasteiger partial charge in [-0.2, -0.15) is 0 Å². The molecule has 0 radical (unpaired) electrons. The number of aliphatic hydroxyl groups is 1. The van der Waals surface area contributed by atoms with Gasteiger partial charge in [-0.3, -0.25) is 4.90 Å². The van der Waals surface area contributed by atoms with Crippen molar-refractivity contribution in [1.29, 1.82) is 0 Å². The van der Waals surface area contributed by atoms with Gasteiger partial charge >= 0.3 is 0 Å². The van der Waals surface area contributed by atoms with Crippen molar-refractivity contribution in [3.05, 3.63) is 64.9 Å². The number of rotatable bonds is 6. The number of halogens is 1.